The van der Waals surface area contributed by atoms with Crippen LogP contribution in [0.3, 0.4) is 0 Å². The summed E-state index contributed by atoms with van der Waals surface area (Å²) in [5.74, 6) is -2.53. The third-order valence-corrected chi connectivity index (χ3v) is 5.81. The number of nitrogens with zero attached hydrogens (tertiary/aromatic N) is 5. The summed E-state index contributed by atoms with van der Waals surface area (Å²) in [6.45, 7) is -0.792. The highest BCUT2D eigenvalue weighted by Crippen LogP contribution is 2.32. The molecule has 1 amide bonds. The lowest BCUT2D eigenvalue weighted by atomic mass is 10.1. The average molecular weight is 523 g/mol. The van der Waals surface area contributed by atoms with E-state index in [1.807, 2.05) is 0 Å². The predicted octanol–water partition coefficient (Wildman–Crippen LogP) is 2.86. The summed E-state index contributed by atoms with van der Waals surface area (Å²) in [6, 6.07) is 5.01. The molecule has 0 spiro atoms. The van der Waals surface area contributed by atoms with Gasteiger partial charge in [-0.3, -0.25) is 19.4 Å². The quantitative estimate of drug-likeness (QED) is 0.381. The molecule has 15 heteroatoms. The van der Waals surface area contributed by atoms with E-state index in [1.165, 1.54) is 0 Å². The normalized spacial score (nSPS) is 12.9. The van der Waals surface area contributed by atoms with Crippen molar-refractivity contribution in [1.82, 2.24) is 19.9 Å². The third-order valence-electron chi connectivity index (χ3n) is 5.25. The van der Waals surface area contributed by atoms with Crippen LogP contribution in [0.5, 0.6) is 0 Å². The fourth-order valence-corrected chi connectivity index (χ4v) is 4.04. The lowest BCUT2D eigenvalue weighted by Crippen LogP contribution is -2.32. The van der Waals surface area contributed by atoms with Crippen LogP contribution in [-0.2, 0) is 27.8 Å². The van der Waals surface area contributed by atoms with E-state index in [4.69, 9.17) is 0 Å². The van der Waals surface area contributed by atoms with Crippen LogP contribution in [0.15, 0.2) is 24.4 Å². The first-order valence-corrected chi connectivity index (χ1v) is 12.4. The standard InChI is InChI=1S/C21H21F3N8O3S/c1-10-11(2)27-18(31-36(3,34)35)16(26-10)9-32(20(23)24)19-13(22)8-25-21(30-19)29-15-6-4-5-14-12(15)7-17(33)28-14/h4-6,8,20H,7,9H2,1-3H3,(H,27,31)(H,28,33)(H,25,29,30). The molecule has 190 valence electrons. The van der Waals surface area contributed by atoms with Gasteiger partial charge in [-0.1, -0.05) is 6.07 Å². The summed E-state index contributed by atoms with van der Waals surface area (Å²) in [7, 11) is -3.81. The van der Waals surface area contributed by atoms with E-state index < -0.39 is 34.8 Å². The van der Waals surface area contributed by atoms with E-state index in [1.54, 1.807) is 32.0 Å². The van der Waals surface area contributed by atoms with Crippen molar-refractivity contribution in [2.75, 3.05) is 26.5 Å². The molecule has 3 aromatic rings. The number of anilines is 5. The first kappa shape index (κ1) is 25.1. The molecule has 1 aromatic carbocycles. The van der Waals surface area contributed by atoms with Crippen LogP contribution in [0.2, 0.25) is 0 Å². The Bertz CT molecular complexity index is 1450. The topological polar surface area (TPSA) is 142 Å². The SMILES string of the molecule is Cc1nc(CN(c2nc(Nc3cccc4c3CC(=O)N4)ncc2F)C(F)F)c(NS(C)(=O)=O)nc1C. The molecule has 3 heterocycles. The molecule has 0 radical (unpaired) electrons. The largest absolute Gasteiger partial charge is 0.325 e. The van der Waals surface area contributed by atoms with Crippen LogP contribution in [0, 0.1) is 19.7 Å². The molecular formula is C21H21F3N8O3S. The number of fused-ring (bicyclic) bond motifs is 1. The lowest BCUT2D eigenvalue weighted by molar-refractivity contribution is -0.115. The Labute approximate surface area is 204 Å². The number of rotatable bonds is 8. The number of sulfonamides is 1. The molecule has 0 aliphatic carbocycles. The second-order valence-corrected chi connectivity index (χ2v) is 9.76. The summed E-state index contributed by atoms with van der Waals surface area (Å²) in [5, 5.41) is 5.52. The Morgan fingerprint density at radius 3 is 2.58 bits per heavy atom. The minimum absolute atomic E-state index is 0.0945. The van der Waals surface area contributed by atoms with Gasteiger partial charge in [0.15, 0.2) is 17.5 Å². The number of hydrogen-bond donors (Lipinski definition) is 3. The molecule has 11 nitrogen and oxygen atoms in total. The minimum Gasteiger partial charge on any atom is -0.325 e. The van der Waals surface area contributed by atoms with Crippen molar-refractivity contribution in [2.45, 2.75) is 33.4 Å². The summed E-state index contributed by atoms with van der Waals surface area (Å²) in [4.78, 5) is 28.1. The average Bonchev–Trinajstić information content (AvgIpc) is 3.16. The van der Waals surface area contributed by atoms with E-state index >= 15 is 0 Å². The molecule has 0 unspecified atom stereocenters. The molecule has 36 heavy (non-hydrogen) atoms. The van der Waals surface area contributed by atoms with Crippen molar-refractivity contribution in [3.8, 4) is 0 Å². The summed E-state index contributed by atoms with van der Waals surface area (Å²) in [5.41, 5.74) is 2.28. The number of carbonyl (C=O) groups is 1. The van der Waals surface area contributed by atoms with Gasteiger partial charge in [-0.15, -0.1) is 0 Å². The highest BCUT2D eigenvalue weighted by Gasteiger charge is 2.27. The number of carbonyl (C=O) groups excluding carboxylic acids is 1. The molecular weight excluding hydrogens is 501 g/mol. The van der Waals surface area contributed by atoms with Crippen LogP contribution in [-0.4, -0.2) is 47.1 Å². The first-order chi connectivity index (χ1) is 16.9. The number of hydrogen-bond acceptors (Lipinski definition) is 9. The van der Waals surface area contributed by atoms with Gasteiger partial charge in [0.1, 0.15) is 5.69 Å². The van der Waals surface area contributed by atoms with Gasteiger partial charge in [-0.25, -0.2) is 22.8 Å². The highest BCUT2D eigenvalue weighted by atomic mass is 32.2. The molecule has 1 aliphatic heterocycles. The van der Waals surface area contributed by atoms with Crippen LogP contribution in [0.25, 0.3) is 0 Å². The fourth-order valence-electron chi connectivity index (χ4n) is 3.52. The van der Waals surface area contributed by atoms with Crippen LogP contribution in [0.4, 0.5) is 42.1 Å². The second-order valence-electron chi connectivity index (χ2n) is 8.02. The van der Waals surface area contributed by atoms with Crippen LogP contribution >= 0.6 is 0 Å². The van der Waals surface area contributed by atoms with Crippen molar-refractivity contribution in [3.05, 3.63) is 52.9 Å². The molecule has 0 saturated heterocycles. The number of alkyl halides is 2. The Morgan fingerprint density at radius 1 is 1.17 bits per heavy atom. The van der Waals surface area contributed by atoms with Crippen molar-refractivity contribution in [1.29, 1.82) is 0 Å². The van der Waals surface area contributed by atoms with E-state index in [0.717, 1.165) is 12.5 Å². The van der Waals surface area contributed by atoms with E-state index in [2.05, 4.69) is 35.3 Å². The van der Waals surface area contributed by atoms with Gasteiger partial charge in [0.05, 0.1) is 36.8 Å². The van der Waals surface area contributed by atoms with Crippen LogP contribution in [0.1, 0.15) is 22.6 Å². The van der Waals surface area contributed by atoms with Gasteiger partial charge in [-0.2, -0.15) is 13.8 Å². The molecule has 1 aliphatic rings. The van der Waals surface area contributed by atoms with Crippen LogP contribution < -0.4 is 20.3 Å². The minimum atomic E-state index is -3.81. The maximum atomic E-state index is 14.7. The molecule has 2 aromatic heterocycles. The van der Waals surface area contributed by atoms with E-state index in [0.29, 0.717) is 33.2 Å². The van der Waals surface area contributed by atoms with Gasteiger partial charge in [0.25, 0.3) is 0 Å². The Hall–Kier alpha value is -4.01. The Morgan fingerprint density at radius 2 is 1.89 bits per heavy atom. The Kier molecular flexibility index (Phi) is 6.67. The zero-order valence-corrected chi connectivity index (χ0v) is 20.1. The number of benzene rings is 1. The number of aromatic nitrogens is 4. The number of aryl methyl sites for hydroxylation is 2. The molecule has 0 fully saturated rings. The maximum absolute atomic E-state index is 14.7. The van der Waals surface area contributed by atoms with E-state index in [-0.39, 0.29) is 29.8 Å². The second kappa shape index (κ2) is 9.56. The van der Waals surface area contributed by atoms with E-state index in [9.17, 15) is 26.4 Å². The monoisotopic (exact) mass is 522 g/mol. The fraction of sp³-hybridized carbons (Fsp3) is 0.286. The molecule has 0 bridgehead atoms. The summed E-state index contributed by atoms with van der Waals surface area (Å²) >= 11 is 0. The summed E-state index contributed by atoms with van der Waals surface area (Å²) in [6.07, 6.45) is 1.70. The zero-order valence-electron chi connectivity index (χ0n) is 19.3. The lowest BCUT2D eigenvalue weighted by Gasteiger charge is -2.24. The smallest absolute Gasteiger partial charge is 0.316 e. The Balaban J connectivity index is 1.69. The molecule has 3 N–H and O–H groups in total. The van der Waals surface area contributed by atoms with Gasteiger partial charge >= 0.3 is 6.55 Å². The molecule has 0 atom stereocenters. The van der Waals surface area contributed by atoms with Crippen molar-refractivity contribution in [3.63, 3.8) is 0 Å². The van der Waals surface area contributed by atoms with Crippen molar-refractivity contribution in [2.24, 2.45) is 0 Å². The van der Waals surface area contributed by atoms with Crippen molar-refractivity contribution < 1.29 is 26.4 Å². The predicted molar refractivity (Wildman–Crippen MR) is 126 cm³/mol. The highest BCUT2D eigenvalue weighted by molar-refractivity contribution is 7.92. The maximum Gasteiger partial charge on any atom is 0.316 e. The third kappa shape index (κ3) is 5.45. The van der Waals surface area contributed by atoms with Gasteiger partial charge < -0.3 is 10.6 Å². The van der Waals surface area contributed by atoms with Gasteiger partial charge in [-0.05, 0) is 26.0 Å². The van der Waals surface area contributed by atoms with Crippen molar-refractivity contribution >= 4 is 44.9 Å². The van der Waals surface area contributed by atoms with Gasteiger partial charge in [0, 0.05) is 16.9 Å². The zero-order chi connectivity index (χ0) is 26.2. The molecule has 4 rings (SSSR count). The number of nitrogens with one attached hydrogen (secondary N) is 3. The summed E-state index contributed by atoms with van der Waals surface area (Å²) < 4.78 is 68.6. The molecule has 0 saturated carbocycles. The first-order valence-electron chi connectivity index (χ1n) is 10.5. The van der Waals surface area contributed by atoms with Gasteiger partial charge in [0.2, 0.25) is 21.9 Å². The number of halogens is 3. The number of amides is 1.